The highest BCUT2D eigenvalue weighted by Crippen LogP contribution is 2.35. The quantitative estimate of drug-likeness (QED) is 0.554. The molecule has 1 aromatic heterocycles. The topological polar surface area (TPSA) is 91.4 Å². The van der Waals surface area contributed by atoms with Crippen molar-refractivity contribution in [2.45, 2.75) is 0 Å². The van der Waals surface area contributed by atoms with Crippen LogP contribution in [0.3, 0.4) is 0 Å². The number of aromatic nitrogens is 1. The first-order valence-electron chi connectivity index (χ1n) is 4.15. The van der Waals surface area contributed by atoms with Crippen molar-refractivity contribution in [2.24, 2.45) is 7.05 Å². The molecule has 0 saturated carbocycles. The largest absolute Gasteiger partial charge is 0.860 e. The van der Waals surface area contributed by atoms with E-state index in [0.717, 1.165) is 10.6 Å². The van der Waals surface area contributed by atoms with Gasteiger partial charge >= 0.3 is 0 Å². The van der Waals surface area contributed by atoms with Crippen LogP contribution >= 0.6 is 0 Å². The molecule has 0 fully saturated rings. The molecule has 6 heteroatoms. The molecule has 0 saturated heterocycles. The van der Waals surface area contributed by atoms with Gasteiger partial charge in [0.2, 0.25) is 0 Å². The lowest BCUT2D eigenvalue weighted by atomic mass is 10.2. The molecule has 2 aromatic rings. The molecular formula is C9H7N2O4-. The van der Waals surface area contributed by atoms with E-state index in [2.05, 4.69) is 0 Å². The molecule has 6 nitrogen and oxygen atoms in total. The molecular weight excluding hydrogens is 200 g/mol. The Bertz CT molecular complexity index is 559. The monoisotopic (exact) mass is 207 g/mol. The standard InChI is InChI=1S/C9H8N2O4/c1-10-8(12)6-3-2-5(11(14)15)4-7(6)9(10)13/h2-4,12-13H,1H3/p-1. The molecule has 0 aliphatic carbocycles. The van der Waals surface area contributed by atoms with Crippen LogP contribution in [-0.2, 0) is 7.05 Å². The summed E-state index contributed by atoms with van der Waals surface area (Å²) in [5, 5.41) is 32.0. The minimum absolute atomic E-state index is 0.157. The zero-order valence-corrected chi connectivity index (χ0v) is 7.80. The van der Waals surface area contributed by atoms with Crippen LogP contribution < -0.4 is 5.11 Å². The van der Waals surface area contributed by atoms with Crippen LogP contribution in [0.1, 0.15) is 0 Å². The predicted octanol–water partition coefficient (Wildman–Crippen LogP) is 0.866. The molecule has 0 bridgehead atoms. The van der Waals surface area contributed by atoms with Crippen molar-refractivity contribution in [1.29, 1.82) is 0 Å². The lowest BCUT2D eigenvalue weighted by molar-refractivity contribution is -0.384. The first-order chi connectivity index (χ1) is 7.02. The summed E-state index contributed by atoms with van der Waals surface area (Å²) in [7, 11) is 1.41. The third-order valence-corrected chi connectivity index (χ3v) is 2.31. The molecule has 0 aliphatic rings. The van der Waals surface area contributed by atoms with Crippen LogP contribution in [0.15, 0.2) is 18.2 Å². The second kappa shape index (κ2) is 2.88. The Balaban J connectivity index is 2.82. The fourth-order valence-corrected chi connectivity index (χ4v) is 1.48. The second-order valence-electron chi connectivity index (χ2n) is 3.17. The minimum Gasteiger partial charge on any atom is -0.860 e. The zero-order chi connectivity index (χ0) is 11.2. The first-order valence-corrected chi connectivity index (χ1v) is 4.15. The van der Waals surface area contributed by atoms with Crippen LogP contribution in [0, 0.1) is 10.1 Å². The summed E-state index contributed by atoms with van der Waals surface area (Å²) >= 11 is 0. The van der Waals surface area contributed by atoms with Gasteiger partial charge in [0.05, 0.1) is 4.92 Å². The predicted molar refractivity (Wildman–Crippen MR) is 50.7 cm³/mol. The normalized spacial score (nSPS) is 10.7. The molecule has 1 N–H and O–H groups in total. The Labute approximate surface area is 84.1 Å². The summed E-state index contributed by atoms with van der Waals surface area (Å²) in [4.78, 5) is 9.90. The third-order valence-electron chi connectivity index (χ3n) is 2.31. The van der Waals surface area contributed by atoms with Gasteiger partial charge in [0.25, 0.3) is 5.69 Å². The molecule has 0 amide bonds. The first kappa shape index (κ1) is 9.32. The number of hydrogen-bond acceptors (Lipinski definition) is 4. The van der Waals surface area contributed by atoms with Crippen LogP contribution in [0.25, 0.3) is 10.8 Å². The maximum absolute atomic E-state index is 11.5. The van der Waals surface area contributed by atoms with Crippen molar-refractivity contribution >= 4 is 16.5 Å². The maximum atomic E-state index is 11.5. The molecule has 0 atom stereocenters. The Morgan fingerprint density at radius 3 is 2.67 bits per heavy atom. The van der Waals surface area contributed by atoms with E-state index in [4.69, 9.17) is 0 Å². The Morgan fingerprint density at radius 1 is 1.40 bits per heavy atom. The Hall–Kier alpha value is -2.24. The second-order valence-corrected chi connectivity index (χ2v) is 3.17. The number of hydrogen-bond donors (Lipinski definition) is 1. The average Bonchev–Trinajstić information content (AvgIpc) is 2.44. The molecule has 78 valence electrons. The summed E-state index contributed by atoms with van der Waals surface area (Å²) in [5.41, 5.74) is -0.162. The number of nitro benzene ring substituents is 1. The number of nitrogens with zero attached hydrogens (tertiary/aromatic N) is 2. The number of rotatable bonds is 1. The van der Waals surface area contributed by atoms with Crippen molar-refractivity contribution in [3.63, 3.8) is 0 Å². The number of nitro groups is 1. The van der Waals surface area contributed by atoms with E-state index < -0.39 is 10.8 Å². The molecule has 0 spiro atoms. The van der Waals surface area contributed by atoms with Gasteiger partial charge in [0.15, 0.2) is 5.88 Å². The summed E-state index contributed by atoms with van der Waals surface area (Å²) in [5.74, 6) is -0.615. The fourth-order valence-electron chi connectivity index (χ4n) is 1.48. The van der Waals surface area contributed by atoms with Crippen LogP contribution in [0.5, 0.6) is 11.8 Å². The summed E-state index contributed by atoms with van der Waals surface area (Å²) in [6.45, 7) is 0. The van der Waals surface area contributed by atoms with Gasteiger partial charge in [-0.15, -0.1) is 0 Å². The number of fused-ring (bicyclic) bond motifs is 1. The minimum atomic E-state index is -0.580. The van der Waals surface area contributed by atoms with Crippen molar-refractivity contribution in [3.05, 3.63) is 28.3 Å². The van der Waals surface area contributed by atoms with Crippen molar-refractivity contribution < 1.29 is 15.1 Å². The van der Waals surface area contributed by atoms with E-state index in [1.54, 1.807) is 0 Å². The average molecular weight is 207 g/mol. The highest BCUT2D eigenvalue weighted by molar-refractivity contribution is 5.94. The lowest BCUT2D eigenvalue weighted by Crippen LogP contribution is -1.97. The van der Waals surface area contributed by atoms with Crippen LogP contribution in [-0.4, -0.2) is 14.6 Å². The van der Waals surface area contributed by atoms with Crippen LogP contribution in [0.4, 0.5) is 5.69 Å². The van der Waals surface area contributed by atoms with Crippen molar-refractivity contribution in [1.82, 2.24) is 4.57 Å². The molecule has 15 heavy (non-hydrogen) atoms. The summed E-state index contributed by atoms with van der Waals surface area (Å²) < 4.78 is 1.05. The lowest BCUT2D eigenvalue weighted by Gasteiger charge is -2.06. The Kier molecular flexibility index (Phi) is 1.79. The van der Waals surface area contributed by atoms with Gasteiger partial charge in [-0.25, -0.2) is 0 Å². The summed E-state index contributed by atoms with van der Waals surface area (Å²) in [6.07, 6.45) is 0. The van der Waals surface area contributed by atoms with Crippen molar-refractivity contribution in [3.8, 4) is 11.8 Å². The SMILES string of the molecule is Cn1c([O-])c2cc([N+](=O)[O-])ccc2c1O. The van der Waals surface area contributed by atoms with Crippen LogP contribution in [0.2, 0.25) is 0 Å². The van der Waals surface area contributed by atoms with E-state index in [1.807, 2.05) is 0 Å². The molecule has 1 aromatic carbocycles. The highest BCUT2D eigenvalue weighted by Gasteiger charge is 2.12. The molecule has 0 aliphatic heterocycles. The van der Waals surface area contributed by atoms with Crippen molar-refractivity contribution in [2.75, 3.05) is 0 Å². The summed E-state index contributed by atoms with van der Waals surface area (Å²) in [6, 6.07) is 3.78. The van der Waals surface area contributed by atoms with E-state index in [0.29, 0.717) is 5.39 Å². The Morgan fingerprint density at radius 2 is 2.07 bits per heavy atom. The van der Waals surface area contributed by atoms with E-state index in [9.17, 15) is 20.3 Å². The molecule has 1 heterocycles. The van der Waals surface area contributed by atoms with E-state index in [1.165, 1.54) is 19.2 Å². The smallest absolute Gasteiger partial charge is 0.270 e. The maximum Gasteiger partial charge on any atom is 0.270 e. The van der Waals surface area contributed by atoms with Gasteiger partial charge in [0, 0.05) is 30.0 Å². The van der Waals surface area contributed by atoms with Gasteiger partial charge in [-0.05, 0) is 11.9 Å². The third kappa shape index (κ3) is 1.18. The van der Waals surface area contributed by atoms with Gasteiger partial charge in [0.1, 0.15) is 0 Å². The number of non-ortho nitro benzene ring substituents is 1. The van der Waals surface area contributed by atoms with E-state index >= 15 is 0 Å². The molecule has 0 unspecified atom stereocenters. The fraction of sp³-hybridized carbons (Fsp3) is 0.111. The number of benzene rings is 1. The zero-order valence-electron chi connectivity index (χ0n) is 7.80. The molecule has 2 rings (SSSR count). The van der Waals surface area contributed by atoms with Gasteiger partial charge < -0.3 is 14.8 Å². The number of aromatic hydroxyl groups is 1. The molecule has 0 radical (unpaired) electrons. The van der Waals surface area contributed by atoms with Gasteiger partial charge in [-0.1, -0.05) is 0 Å². The highest BCUT2D eigenvalue weighted by atomic mass is 16.6. The van der Waals surface area contributed by atoms with Gasteiger partial charge in [-0.2, -0.15) is 0 Å². The van der Waals surface area contributed by atoms with Gasteiger partial charge in [-0.3, -0.25) is 10.1 Å². The van der Waals surface area contributed by atoms with E-state index in [-0.39, 0.29) is 17.0 Å².